The Hall–Kier alpha value is -1.51. The Balaban J connectivity index is 2.33. The molecule has 0 aliphatic rings. The molecule has 0 N–H and O–H groups in total. The first kappa shape index (κ1) is 13.9. The zero-order chi connectivity index (χ0) is 13.8. The van der Waals surface area contributed by atoms with Crippen LogP contribution in [0.5, 0.6) is 17.2 Å². The van der Waals surface area contributed by atoms with Crippen LogP contribution in [0.4, 0.5) is 0 Å². The highest BCUT2D eigenvalue weighted by molar-refractivity contribution is 9.11. The molecule has 3 nitrogen and oxygen atoms in total. The molecule has 0 aromatic heterocycles. The number of hydrogen-bond acceptors (Lipinski definition) is 3. The summed E-state index contributed by atoms with van der Waals surface area (Å²) in [5, 5.41) is 8.86. The third-order valence-corrected chi connectivity index (χ3v) is 3.64. The van der Waals surface area contributed by atoms with Crippen molar-refractivity contribution in [2.45, 2.75) is 0 Å². The number of halogens is 2. The molecular formula is C14H9Br2NO2. The first-order valence-electron chi connectivity index (χ1n) is 5.35. The van der Waals surface area contributed by atoms with Crippen molar-refractivity contribution in [3.05, 3.63) is 50.9 Å². The van der Waals surface area contributed by atoms with Gasteiger partial charge in [-0.2, -0.15) is 5.26 Å². The van der Waals surface area contributed by atoms with E-state index in [4.69, 9.17) is 14.7 Å². The van der Waals surface area contributed by atoms with Gasteiger partial charge in [0.1, 0.15) is 17.2 Å². The monoisotopic (exact) mass is 381 g/mol. The van der Waals surface area contributed by atoms with Crippen molar-refractivity contribution in [2.24, 2.45) is 0 Å². The minimum atomic E-state index is 0.557. The maximum Gasteiger partial charge on any atom is 0.143 e. The number of hydrogen-bond donors (Lipinski definition) is 0. The Kier molecular flexibility index (Phi) is 4.46. The van der Waals surface area contributed by atoms with Gasteiger partial charge < -0.3 is 9.47 Å². The highest BCUT2D eigenvalue weighted by Crippen LogP contribution is 2.38. The van der Waals surface area contributed by atoms with E-state index in [1.54, 1.807) is 31.4 Å². The first-order chi connectivity index (χ1) is 9.13. The maximum absolute atomic E-state index is 8.86. The topological polar surface area (TPSA) is 42.2 Å². The normalized spacial score (nSPS) is 9.79. The second-order valence-electron chi connectivity index (χ2n) is 3.66. The highest BCUT2D eigenvalue weighted by atomic mass is 79.9. The molecule has 0 unspecified atom stereocenters. The zero-order valence-electron chi connectivity index (χ0n) is 9.98. The fraction of sp³-hybridized carbons (Fsp3) is 0.0714. The predicted molar refractivity (Wildman–Crippen MR) is 79.6 cm³/mol. The Morgan fingerprint density at radius 2 is 1.74 bits per heavy atom. The van der Waals surface area contributed by atoms with Crippen molar-refractivity contribution in [1.82, 2.24) is 0 Å². The van der Waals surface area contributed by atoms with Gasteiger partial charge in [-0.25, -0.2) is 0 Å². The average molecular weight is 383 g/mol. The molecule has 0 aliphatic carbocycles. The zero-order valence-corrected chi connectivity index (χ0v) is 13.2. The van der Waals surface area contributed by atoms with Gasteiger partial charge in [0.2, 0.25) is 0 Å². The summed E-state index contributed by atoms with van der Waals surface area (Å²) in [6, 6.07) is 12.7. The minimum absolute atomic E-state index is 0.557. The van der Waals surface area contributed by atoms with Gasteiger partial charge in [-0.3, -0.25) is 0 Å². The van der Waals surface area contributed by atoms with Gasteiger partial charge in [-0.15, -0.1) is 0 Å². The molecule has 0 bridgehead atoms. The number of nitrogens with zero attached hydrogens (tertiary/aromatic N) is 1. The molecule has 0 radical (unpaired) electrons. The van der Waals surface area contributed by atoms with Crippen LogP contribution in [-0.2, 0) is 0 Å². The molecule has 0 spiro atoms. The van der Waals surface area contributed by atoms with Gasteiger partial charge in [0.15, 0.2) is 0 Å². The number of benzene rings is 2. The predicted octanol–water partition coefficient (Wildman–Crippen LogP) is 4.88. The fourth-order valence-electron chi connectivity index (χ4n) is 1.50. The van der Waals surface area contributed by atoms with E-state index < -0.39 is 0 Å². The summed E-state index contributed by atoms with van der Waals surface area (Å²) in [4.78, 5) is 0. The molecule has 0 amide bonds. The lowest BCUT2D eigenvalue weighted by molar-refractivity contribution is 0.409. The third-order valence-electron chi connectivity index (χ3n) is 2.40. The van der Waals surface area contributed by atoms with E-state index in [0.717, 1.165) is 8.95 Å². The molecule has 0 heterocycles. The van der Waals surface area contributed by atoms with Gasteiger partial charge in [0.05, 0.1) is 27.7 Å². The summed E-state index contributed by atoms with van der Waals surface area (Å²) in [6.07, 6.45) is 0. The Morgan fingerprint density at radius 1 is 1.05 bits per heavy atom. The lowest BCUT2D eigenvalue weighted by atomic mass is 10.2. The van der Waals surface area contributed by atoms with Crippen molar-refractivity contribution in [3.63, 3.8) is 0 Å². The maximum atomic E-state index is 8.86. The lowest BCUT2D eigenvalue weighted by Crippen LogP contribution is -1.89. The smallest absolute Gasteiger partial charge is 0.143 e. The molecule has 2 aromatic carbocycles. The van der Waals surface area contributed by atoms with Crippen molar-refractivity contribution >= 4 is 31.9 Å². The molecule has 5 heteroatoms. The average Bonchev–Trinajstić information content (AvgIpc) is 2.42. The van der Waals surface area contributed by atoms with Crippen molar-refractivity contribution in [3.8, 4) is 23.3 Å². The molecule has 2 rings (SSSR count). The summed E-state index contributed by atoms with van der Waals surface area (Å²) >= 11 is 6.83. The van der Waals surface area contributed by atoms with Crippen LogP contribution in [0.1, 0.15) is 5.56 Å². The van der Waals surface area contributed by atoms with Crippen LogP contribution in [0.2, 0.25) is 0 Å². The summed E-state index contributed by atoms with van der Waals surface area (Å²) in [6.45, 7) is 0. The molecule has 2 aromatic rings. The number of methoxy groups -OCH3 is 1. The van der Waals surface area contributed by atoms with Gasteiger partial charge in [-0.05, 0) is 62.2 Å². The number of nitriles is 1. The van der Waals surface area contributed by atoms with Crippen LogP contribution in [0.15, 0.2) is 45.3 Å². The van der Waals surface area contributed by atoms with Crippen LogP contribution in [0.3, 0.4) is 0 Å². The van der Waals surface area contributed by atoms with Crippen LogP contribution >= 0.6 is 31.9 Å². The van der Waals surface area contributed by atoms with E-state index >= 15 is 0 Å². The van der Waals surface area contributed by atoms with Gasteiger partial charge in [-0.1, -0.05) is 6.07 Å². The highest BCUT2D eigenvalue weighted by Gasteiger charge is 2.09. The van der Waals surface area contributed by atoms with Crippen molar-refractivity contribution < 1.29 is 9.47 Å². The third kappa shape index (κ3) is 3.28. The Morgan fingerprint density at radius 3 is 2.42 bits per heavy atom. The van der Waals surface area contributed by atoms with Gasteiger partial charge in [0.25, 0.3) is 0 Å². The summed E-state index contributed by atoms with van der Waals surface area (Å²) in [5.41, 5.74) is 0.557. The molecule has 0 aliphatic heterocycles. The second kappa shape index (κ2) is 6.09. The van der Waals surface area contributed by atoms with Crippen LogP contribution in [0.25, 0.3) is 0 Å². The summed E-state index contributed by atoms with van der Waals surface area (Å²) in [7, 11) is 1.60. The lowest BCUT2D eigenvalue weighted by Gasteiger charge is -2.11. The van der Waals surface area contributed by atoms with Crippen molar-refractivity contribution in [2.75, 3.05) is 7.11 Å². The Bertz CT molecular complexity index is 650. The van der Waals surface area contributed by atoms with E-state index in [1.165, 1.54) is 0 Å². The van der Waals surface area contributed by atoms with E-state index in [9.17, 15) is 0 Å². The summed E-state index contributed by atoms with van der Waals surface area (Å²) in [5.74, 6) is 1.96. The second-order valence-corrected chi connectivity index (χ2v) is 5.37. The molecule has 0 fully saturated rings. The van der Waals surface area contributed by atoms with Crippen LogP contribution in [0, 0.1) is 11.3 Å². The van der Waals surface area contributed by atoms with E-state index in [1.807, 2.05) is 12.1 Å². The van der Waals surface area contributed by atoms with E-state index in [0.29, 0.717) is 22.8 Å². The Labute approximate surface area is 128 Å². The standard InChI is InChI=1S/C14H9Br2NO2/c1-18-13-6-12(16)14(7-11(13)15)19-10-4-2-3-9(5-10)8-17/h2-7H,1H3. The molecule has 0 saturated carbocycles. The minimum Gasteiger partial charge on any atom is -0.496 e. The molecule has 0 saturated heterocycles. The van der Waals surface area contributed by atoms with E-state index in [2.05, 4.69) is 37.9 Å². The molecule has 96 valence electrons. The molecule has 0 atom stereocenters. The van der Waals surface area contributed by atoms with Gasteiger partial charge in [0, 0.05) is 0 Å². The largest absolute Gasteiger partial charge is 0.496 e. The van der Waals surface area contributed by atoms with Gasteiger partial charge >= 0.3 is 0 Å². The van der Waals surface area contributed by atoms with Crippen molar-refractivity contribution in [1.29, 1.82) is 5.26 Å². The van der Waals surface area contributed by atoms with Crippen LogP contribution in [-0.4, -0.2) is 7.11 Å². The number of rotatable bonds is 3. The fourth-order valence-corrected chi connectivity index (χ4v) is 2.39. The van der Waals surface area contributed by atoms with E-state index in [-0.39, 0.29) is 0 Å². The molecular weight excluding hydrogens is 374 g/mol. The quantitative estimate of drug-likeness (QED) is 0.759. The first-order valence-corrected chi connectivity index (χ1v) is 6.93. The summed E-state index contributed by atoms with van der Waals surface area (Å²) < 4.78 is 12.5. The molecule has 19 heavy (non-hydrogen) atoms. The number of ether oxygens (including phenoxy) is 2. The SMILES string of the molecule is COc1cc(Br)c(Oc2cccc(C#N)c2)cc1Br. The van der Waals surface area contributed by atoms with Crippen LogP contribution < -0.4 is 9.47 Å².